The van der Waals surface area contributed by atoms with Crippen LogP contribution in [0.4, 0.5) is 4.79 Å². The molecule has 0 spiro atoms. The lowest BCUT2D eigenvalue weighted by Crippen LogP contribution is -2.51. The summed E-state index contributed by atoms with van der Waals surface area (Å²) in [7, 11) is 0. The van der Waals surface area contributed by atoms with Crippen molar-refractivity contribution in [2.75, 3.05) is 24.6 Å². The third-order valence-electron chi connectivity index (χ3n) is 6.51. The zero-order valence-corrected chi connectivity index (χ0v) is 24.7. The smallest absolute Gasteiger partial charge is 0.327 e. The van der Waals surface area contributed by atoms with Gasteiger partial charge < -0.3 is 25.5 Å². The van der Waals surface area contributed by atoms with Crippen LogP contribution in [0.2, 0.25) is 0 Å². The first-order valence-electron chi connectivity index (χ1n) is 13.8. The third-order valence-corrected chi connectivity index (χ3v) is 7.48. The Morgan fingerprint density at radius 1 is 0.816 bits per heavy atom. The quantitative estimate of drug-likeness (QED) is 0.0973. The van der Waals surface area contributed by atoms with E-state index in [9.17, 15) is 24.3 Å². The molecule has 0 saturated carbocycles. The molecule has 10 heteroatoms. The lowest BCUT2D eigenvalue weighted by atomic mass is 9.91. The molecule has 0 rings (SSSR count). The number of rotatable bonds is 22. The van der Waals surface area contributed by atoms with Crippen LogP contribution in [0.25, 0.3) is 0 Å². The van der Waals surface area contributed by atoms with Gasteiger partial charge in [-0.1, -0.05) is 84.3 Å². The second kappa shape index (κ2) is 20.7. The van der Waals surface area contributed by atoms with Crippen LogP contribution in [0.3, 0.4) is 0 Å². The van der Waals surface area contributed by atoms with E-state index in [-0.39, 0.29) is 5.75 Å². The number of hydrogen-bond acceptors (Lipinski definition) is 5. The number of allylic oxidation sites excluding steroid dienone is 1. The Labute approximate surface area is 232 Å². The summed E-state index contributed by atoms with van der Waals surface area (Å²) in [6.07, 6.45) is 13.2. The maximum atomic E-state index is 12.2. The van der Waals surface area contributed by atoms with E-state index >= 15 is 0 Å². The number of aliphatic carboxylic acids is 3. The summed E-state index contributed by atoms with van der Waals surface area (Å²) in [4.78, 5) is 46.0. The molecule has 38 heavy (non-hydrogen) atoms. The van der Waals surface area contributed by atoms with Crippen LogP contribution in [0.5, 0.6) is 0 Å². The number of carbonyl (C=O) groups excluding carboxylic acids is 1. The number of carbonyl (C=O) groups is 4. The van der Waals surface area contributed by atoms with Crippen LogP contribution in [0.15, 0.2) is 11.6 Å². The van der Waals surface area contributed by atoms with Crippen molar-refractivity contribution < 1.29 is 34.5 Å². The number of carboxylic acid groups (broad SMARTS) is 3. The zero-order valence-electron chi connectivity index (χ0n) is 23.9. The molecule has 0 aromatic heterocycles. The van der Waals surface area contributed by atoms with E-state index in [1.807, 2.05) is 0 Å². The molecule has 9 nitrogen and oxygen atoms in total. The molecule has 2 amide bonds. The van der Waals surface area contributed by atoms with E-state index in [1.54, 1.807) is 0 Å². The number of thioether (sulfide) groups is 1. The van der Waals surface area contributed by atoms with Crippen molar-refractivity contribution in [1.82, 2.24) is 10.2 Å². The summed E-state index contributed by atoms with van der Waals surface area (Å²) >= 11 is 1.34. The van der Waals surface area contributed by atoms with E-state index in [0.717, 1.165) is 24.7 Å². The van der Waals surface area contributed by atoms with Gasteiger partial charge in [-0.15, -0.1) is 0 Å². The molecule has 0 aliphatic rings. The van der Waals surface area contributed by atoms with Gasteiger partial charge >= 0.3 is 23.9 Å². The molecule has 2 unspecified atom stereocenters. The minimum Gasteiger partial charge on any atom is -0.480 e. The Kier molecular flexibility index (Phi) is 19.5. The maximum absolute atomic E-state index is 12.2. The Hall–Kier alpha value is -2.23. The van der Waals surface area contributed by atoms with Gasteiger partial charge in [-0.05, 0) is 37.5 Å². The number of nitrogens with one attached hydrogen (secondary N) is 1. The van der Waals surface area contributed by atoms with Crippen molar-refractivity contribution in [1.29, 1.82) is 0 Å². The molecule has 0 aromatic rings. The largest absolute Gasteiger partial charge is 0.480 e. The van der Waals surface area contributed by atoms with Crippen molar-refractivity contribution in [2.45, 2.75) is 98.4 Å². The highest BCUT2D eigenvalue weighted by Gasteiger charge is 2.25. The van der Waals surface area contributed by atoms with Crippen molar-refractivity contribution in [3.63, 3.8) is 0 Å². The Bertz CT molecular complexity index is 741. The van der Waals surface area contributed by atoms with Crippen LogP contribution >= 0.6 is 11.8 Å². The fraction of sp³-hybridized carbons (Fsp3) is 0.786. The maximum Gasteiger partial charge on any atom is 0.327 e. The molecule has 0 aliphatic carbocycles. The number of carboxylic acids is 3. The van der Waals surface area contributed by atoms with E-state index < -0.39 is 43.1 Å². The molecule has 0 radical (unpaired) electrons. The molecular weight excluding hydrogens is 508 g/mol. The summed E-state index contributed by atoms with van der Waals surface area (Å²) in [6.45, 7) is 9.66. The first-order chi connectivity index (χ1) is 17.8. The summed E-state index contributed by atoms with van der Waals surface area (Å²) < 4.78 is 0. The van der Waals surface area contributed by atoms with E-state index in [0.29, 0.717) is 16.6 Å². The number of amides is 2. The van der Waals surface area contributed by atoms with Crippen LogP contribution in [-0.4, -0.2) is 74.8 Å². The summed E-state index contributed by atoms with van der Waals surface area (Å²) in [6, 6.07) is -2.30. The molecule has 0 saturated heterocycles. The molecule has 3 atom stereocenters. The highest BCUT2D eigenvalue weighted by atomic mass is 32.2. The SMILES string of the molecule is C/C(=C\CSC[C@H](NC(=O)N(CC(=O)O)CC(=O)O)C(=O)O)CCCC(C)CCCC(C)CCCC(C)C. The van der Waals surface area contributed by atoms with Crippen molar-refractivity contribution in [3.05, 3.63) is 11.6 Å². The van der Waals surface area contributed by atoms with Crippen LogP contribution in [0.1, 0.15) is 92.4 Å². The molecule has 0 aliphatic heterocycles. The molecule has 4 N–H and O–H groups in total. The summed E-state index contributed by atoms with van der Waals surface area (Å²) in [5, 5.41) is 29.3. The summed E-state index contributed by atoms with van der Waals surface area (Å²) in [5.41, 5.74) is 1.24. The van der Waals surface area contributed by atoms with E-state index in [2.05, 4.69) is 46.0 Å². The number of hydrogen-bond donors (Lipinski definition) is 4. The van der Waals surface area contributed by atoms with Gasteiger partial charge in [0.2, 0.25) is 0 Å². The first-order valence-corrected chi connectivity index (χ1v) is 14.9. The zero-order chi connectivity index (χ0) is 29.1. The van der Waals surface area contributed by atoms with Gasteiger partial charge in [-0.3, -0.25) is 9.59 Å². The average molecular weight is 559 g/mol. The van der Waals surface area contributed by atoms with Gasteiger partial charge in [-0.2, -0.15) is 11.8 Å². The predicted molar refractivity (Wildman–Crippen MR) is 153 cm³/mol. The Morgan fingerprint density at radius 2 is 1.32 bits per heavy atom. The highest BCUT2D eigenvalue weighted by molar-refractivity contribution is 7.99. The first kappa shape index (κ1) is 35.8. The average Bonchev–Trinajstić information content (AvgIpc) is 2.79. The summed E-state index contributed by atoms with van der Waals surface area (Å²) in [5.74, 6) is -1.07. The molecule has 220 valence electrons. The molecule has 0 aromatic carbocycles. The Balaban J connectivity index is 4.29. The third kappa shape index (κ3) is 19.8. The normalized spacial score (nSPS) is 14.1. The van der Waals surface area contributed by atoms with Crippen LogP contribution < -0.4 is 5.32 Å². The fourth-order valence-electron chi connectivity index (χ4n) is 4.14. The molecule has 0 bridgehead atoms. The van der Waals surface area contributed by atoms with Crippen LogP contribution in [-0.2, 0) is 14.4 Å². The fourth-order valence-corrected chi connectivity index (χ4v) is 5.14. The van der Waals surface area contributed by atoms with Gasteiger partial charge in [0, 0.05) is 11.5 Å². The number of nitrogens with zero attached hydrogens (tertiary/aromatic N) is 1. The monoisotopic (exact) mass is 558 g/mol. The van der Waals surface area contributed by atoms with Crippen molar-refractivity contribution in [2.24, 2.45) is 17.8 Å². The lowest BCUT2D eigenvalue weighted by molar-refractivity contribution is -0.140. The van der Waals surface area contributed by atoms with Gasteiger partial charge in [0.25, 0.3) is 0 Å². The topological polar surface area (TPSA) is 144 Å². The van der Waals surface area contributed by atoms with Gasteiger partial charge in [-0.25, -0.2) is 9.59 Å². The minimum atomic E-state index is -1.39. The van der Waals surface area contributed by atoms with Gasteiger partial charge in [0.15, 0.2) is 0 Å². The van der Waals surface area contributed by atoms with E-state index in [1.165, 1.54) is 62.3 Å². The van der Waals surface area contributed by atoms with Gasteiger partial charge in [0.1, 0.15) is 19.1 Å². The standard InChI is InChI=1S/C28H50N2O7S/c1-20(2)9-6-10-21(3)11-7-12-22(4)13-8-14-23(5)15-16-38-19-24(27(35)36)29-28(37)30(17-25(31)32)18-26(33)34/h15,20-22,24H,6-14,16-19H2,1-5H3,(H,29,37)(H,31,32)(H,33,34)(H,35,36)/b23-15+/t21?,22?,24-/m0/s1. The van der Waals surface area contributed by atoms with E-state index in [4.69, 9.17) is 10.2 Å². The second-order valence-corrected chi connectivity index (χ2v) is 12.0. The molecule has 0 heterocycles. The second-order valence-electron chi connectivity index (χ2n) is 10.9. The predicted octanol–water partition coefficient (Wildman–Crippen LogP) is 5.74. The van der Waals surface area contributed by atoms with Crippen molar-refractivity contribution in [3.8, 4) is 0 Å². The Morgan fingerprint density at radius 3 is 1.79 bits per heavy atom. The van der Waals surface area contributed by atoms with Crippen LogP contribution in [0, 0.1) is 17.8 Å². The lowest BCUT2D eigenvalue weighted by Gasteiger charge is -2.22. The minimum absolute atomic E-state index is 0.0752. The number of urea groups is 1. The molecular formula is C28H50N2O7S. The molecule has 0 fully saturated rings. The van der Waals surface area contributed by atoms with Gasteiger partial charge in [0.05, 0.1) is 0 Å². The highest BCUT2D eigenvalue weighted by Crippen LogP contribution is 2.22. The van der Waals surface area contributed by atoms with Crippen molar-refractivity contribution >= 4 is 35.7 Å².